The van der Waals surface area contributed by atoms with Crippen molar-refractivity contribution < 1.29 is 4.79 Å². The summed E-state index contributed by atoms with van der Waals surface area (Å²) in [5, 5.41) is 29.8. The summed E-state index contributed by atoms with van der Waals surface area (Å²) in [5.74, 6) is 0.667. The number of aromatic amines is 2. The molecule has 106 valence electrons. The van der Waals surface area contributed by atoms with Crippen molar-refractivity contribution in [2.75, 3.05) is 0 Å². The quantitative estimate of drug-likeness (QED) is 0.607. The van der Waals surface area contributed by atoms with Gasteiger partial charge in [-0.1, -0.05) is 17.3 Å². The summed E-state index contributed by atoms with van der Waals surface area (Å²) in [6.07, 6.45) is 0. The smallest absolute Gasteiger partial charge is 0.251 e. The number of aromatic nitrogens is 8. The molecule has 2 aromatic heterocycles. The van der Waals surface area contributed by atoms with Crippen molar-refractivity contribution in [2.45, 2.75) is 13.0 Å². The highest BCUT2D eigenvalue weighted by molar-refractivity contribution is 5.94. The Morgan fingerprint density at radius 1 is 1.10 bits per heavy atom. The van der Waals surface area contributed by atoms with E-state index in [1.54, 1.807) is 31.2 Å². The minimum atomic E-state index is -0.340. The first-order valence-electron chi connectivity index (χ1n) is 6.12. The molecule has 1 aromatic carbocycles. The molecule has 10 nitrogen and oxygen atoms in total. The van der Waals surface area contributed by atoms with Gasteiger partial charge < -0.3 is 5.32 Å². The number of carbonyl (C=O) groups excluding carboxylic acids is 1. The lowest BCUT2D eigenvalue weighted by molar-refractivity contribution is 0.0938. The van der Waals surface area contributed by atoms with Gasteiger partial charge in [-0.15, -0.1) is 20.4 Å². The van der Waals surface area contributed by atoms with E-state index in [0.29, 0.717) is 17.2 Å². The van der Waals surface area contributed by atoms with Crippen LogP contribution in [0.25, 0.3) is 11.4 Å². The lowest BCUT2D eigenvalue weighted by Crippen LogP contribution is -2.27. The molecule has 0 saturated heterocycles. The molecular weight excluding hydrogens is 274 g/mol. The van der Waals surface area contributed by atoms with Gasteiger partial charge in [-0.05, 0) is 24.3 Å². The minimum Gasteiger partial charge on any atom is -0.342 e. The third-order valence-electron chi connectivity index (χ3n) is 2.85. The van der Waals surface area contributed by atoms with Crippen LogP contribution in [0, 0.1) is 0 Å². The summed E-state index contributed by atoms with van der Waals surface area (Å²) >= 11 is 0. The minimum absolute atomic E-state index is 0.230. The zero-order chi connectivity index (χ0) is 14.7. The molecule has 0 spiro atoms. The van der Waals surface area contributed by atoms with Crippen LogP contribution in [0.3, 0.4) is 0 Å². The predicted octanol–water partition coefficient (Wildman–Crippen LogP) is -0.129. The Kier molecular flexibility index (Phi) is 3.33. The molecule has 0 aliphatic rings. The van der Waals surface area contributed by atoms with Crippen molar-refractivity contribution in [3.05, 3.63) is 35.7 Å². The van der Waals surface area contributed by atoms with E-state index in [1.807, 2.05) is 0 Å². The maximum Gasteiger partial charge on any atom is 0.251 e. The fourth-order valence-corrected chi connectivity index (χ4v) is 1.75. The molecule has 3 rings (SSSR count). The van der Waals surface area contributed by atoms with Gasteiger partial charge in [0.2, 0.25) is 5.82 Å². The van der Waals surface area contributed by atoms with Crippen LogP contribution in [0.15, 0.2) is 24.3 Å². The number of hydrogen-bond donors (Lipinski definition) is 3. The molecule has 2 heterocycles. The van der Waals surface area contributed by atoms with Gasteiger partial charge in [-0.3, -0.25) is 4.79 Å². The van der Waals surface area contributed by atoms with Crippen molar-refractivity contribution in [1.82, 2.24) is 46.6 Å². The Labute approximate surface area is 118 Å². The van der Waals surface area contributed by atoms with Gasteiger partial charge in [0.1, 0.15) is 0 Å². The van der Waals surface area contributed by atoms with E-state index in [9.17, 15) is 4.79 Å². The monoisotopic (exact) mass is 285 g/mol. The standard InChI is InChI=1S/C11H11N9O/c1-6(9-13-17-18-14-9)12-11(21)8-4-2-7(3-5-8)10-15-19-20-16-10/h2-6H,1H3,(H,12,21)(H,13,14,17,18)(H,15,16,19,20). The summed E-state index contributed by atoms with van der Waals surface area (Å²) in [5.41, 5.74) is 1.28. The number of H-pyrrole nitrogens is 2. The number of benzene rings is 1. The van der Waals surface area contributed by atoms with Crippen molar-refractivity contribution in [1.29, 1.82) is 0 Å². The van der Waals surface area contributed by atoms with Crippen LogP contribution in [0.5, 0.6) is 0 Å². The maximum atomic E-state index is 12.1. The number of tetrazole rings is 2. The third kappa shape index (κ3) is 2.73. The second-order valence-corrected chi connectivity index (χ2v) is 4.28. The van der Waals surface area contributed by atoms with Crippen LogP contribution >= 0.6 is 0 Å². The lowest BCUT2D eigenvalue weighted by atomic mass is 10.1. The normalized spacial score (nSPS) is 12.0. The van der Waals surface area contributed by atoms with Crippen LogP contribution in [0.1, 0.15) is 29.1 Å². The fraction of sp³-hybridized carbons (Fsp3) is 0.182. The topological polar surface area (TPSA) is 138 Å². The molecule has 10 heteroatoms. The van der Waals surface area contributed by atoms with Gasteiger partial charge in [0.15, 0.2) is 5.82 Å². The highest BCUT2D eigenvalue weighted by Gasteiger charge is 2.15. The van der Waals surface area contributed by atoms with E-state index in [-0.39, 0.29) is 11.9 Å². The molecule has 1 unspecified atom stereocenters. The zero-order valence-corrected chi connectivity index (χ0v) is 11.0. The molecule has 0 bridgehead atoms. The third-order valence-corrected chi connectivity index (χ3v) is 2.85. The van der Waals surface area contributed by atoms with Crippen molar-refractivity contribution >= 4 is 5.91 Å². The highest BCUT2D eigenvalue weighted by Crippen LogP contribution is 2.14. The molecule has 0 aliphatic carbocycles. The van der Waals surface area contributed by atoms with Crippen LogP contribution in [0.4, 0.5) is 0 Å². The molecular formula is C11H11N9O. The highest BCUT2D eigenvalue weighted by atomic mass is 16.1. The van der Waals surface area contributed by atoms with Crippen LogP contribution in [-0.2, 0) is 0 Å². The molecule has 21 heavy (non-hydrogen) atoms. The Hall–Kier alpha value is -3.17. The SMILES string of the molecule is CC(NC(=O)c1ccc(-c2nn[nH]n2)cc1)c1nn[nH]n1. The summed E-state index contributed by atoms with van der Waals surface area (Å²) in [6, 6.07) is 6.53. The van der Waals surface area contributed by atoms with E-state index in [0.717, 1.165) is 5.56 Å². The molecule has 0 saturated carbocycles. The number of rotatable bonds is 4. The Balaban J connectivity index is 1.70. The summed E-state index contributed by atoms with van der Waals surface area (Å²) in [7, 11) is 0. The first-order chi connectivity index (χ1) is 10.2. The maximum absolute atomic E-state index is 12.1. The molecule has 3 aromatic rings. The second-order valence-electron chi connectivity index (χ2n) is 4.28. The molecule has 1 atom stereocenters. The fourth-order valence-electron chi connectivity index (χ4n) is 1.75. The van der Waals surface area contributed by atoms with Gasteiger partial charge >= 0.3 is 0 Å². The number of hydrogen-bond acceptors (Lipinski definition) is 7. The summed E-state index contributed by atoms with van der Waals surface area (Å²) in [4.78, 5) is 12.1. The number of nitrogens with zero attached hydrogens (tertiary/aromatic N) is 6. The Morgan fingerprint density at radius 3 is 2.43 bits per heavy atom. The van der Waals surface area contributed by atoms with Gasteiger partial charge in [0.25, 0.3) is 5.91 Å². The average Bonchev–Trinajstić information content (AvgIpc) is 3.20. The van der Waals surface area contributed by atoms with Gasteiger partial charge in [-0.25, -0.2) is 0 Å². The van der Waals surface area contributed by atoms with Crippen LogP contribution < -0.4 is 5.32 Å². The van der Waals surface area contributed by atoms with Gasteiger partial charge in [0.05, 0.1) is 6.04 Å². The van der Waals surface area contributed by atoms with Crippen molar-refractivity contribution in [2.24, 2.45) is 0 Å². The average molecular weight is 285 g/mol. The first kappa shape index (κ1) is 12.8. The van der Waals surface area contributed by atoms with E-state index < -0.39 is 0 Å². The number of carbonyl (C=O) groups is 1. The molecule has 3 N–H and O–H groups in total. The van der Waals surface area contributed by atoms with Crippen LogP contribution in [-0.4, -0.2) is 47.2 Å². The summed E-state index contributed by atoms with van der Waals surface area (Å²) < 4.78 is 0. The zero-order valence-electron chi connectivity index (χ0n) is 11.0. The number of nitrogens with one attached hydrogen (secondary N) is 3. The molecule has 0 radical (unpaired) electrons. The Morgan fingerprint density at radius 2 is 1.81 bits per heavy atom. The van der Waals surface area contributed by atoms with E-state index in [4.69, 9.17) is 0 Å². The lowest BCUT2D eigenvalue weighted by Gasteiger charge is -2.09. The first-order valence-corrected chi connectivity index (χ1v) is 6.12. The van der Waals surface area contributed by atoms with E-state index in [2.05, 4.69) is 46.6 Å². The summed E-state index contributed by atoms with van der Waals surface area (Å²) in [6.45, 7) is 1.77. The molecule has 0 fully saturated rings. The van der Waals surface area contributed by atoms with Gasteiger partial charge in [-0.2, -0.15) is 10.4 Å². The van der Waals surface area contributed by atoms with Crippen molar-refractivity contribution in [3.8, 4) is 11.4 Å². The van der Waals surface area contributed by atoms with E-state index in [1.165, 1.54) is 0 Å². The van der Waals surface area contributed by atoms with Gasteiger partial charge in [0, 0.05) is 11.1 Å². The largest absolute Gasteiger partial charge is 0.342 e. The predicted molar refractivity (Wildman–Crippen MR) is 69.7 cm³/mol. The Bertz CT molecular complexity index is 705. The molecule has 1 amide bonds. The van der Waals surface area contributed by atoms with Crippen molar-refractivity contribution in [3.63, 3.8) is 0 Å². The number of amides is 1. The molecule has 0 aliphatic heterocycles. The second kappa shape index (κ2) is 5.45. The van der Waals surface area contributed by atoms with E-state index >= 15 is 0 Å². The van der Waals surface area contributed by atoms with Crippen LogP contribution in [0.2, 0.25) is 0 Å².